The molecule has 0 aliphatic heterocycles. The number of hydrogen-bond acceptors (Lipinski definition) is 4. The van der Waals surface area contributed by atoms with E-state index >= 15 is 0 Å². The Morgan fingerprint density at radius 1 is 1.39 bits per heavy atom. The zero-order valence-electron chi connectivity index (χ0n) is 13.7. The van der Waals surface area contributed by atoms with Gasteiger partial charge in [0.1, 0.15) is 5.82 Å². The van der Waals surface area contributed by atoms with Crippen molar-refractivity contribution in [1.82, 2.24) is 14.7 Å². The maximum absolute atomic E-state index is 12.1. The van der Waals surface area contributed by atoms with E-state index in [1.54, 1.807) is 16.9 Å². The standard InChI is InChI=1S/C17H24N4O2/c1-3-20(9-10-22)13-17(23)19-16-7-8-18-21(16)12-15-6-4-5-14(2)11-15/h4-8,11,22H,3,9-10,12-13H2,1-2H3,(H,19,23). The van der Waals surface area contributed by atoms with Crippen LogP contribution < -0.4 is 5.32 Å². The molecule has 1 heterocycles. The van der Waals surface area contributed by atoms with E-state index < -0.39 is 0 Å². The maximum Gasteiger partial charge on any atom is 0.239 e. The fraction of sp³-hybridized carbons (Fsp3) is 0.412. The zero-order chi connectivity index (χ0) is 16.7. The van der Waals surface area contributed by atoms with E-state index in [-0.39, 0.29) is 19.1 Å². The van der Waals surface area contributed by atoms with Crippen LogP contribution in [0.4, 0.5) is 5.82 Å². The summed E-state index contributed by atoms with van der Waals surface area (Å²) in [5, 5.41) is 16.1. The van der Waals surface area contributed by atoms with E-state index in [1.165, 1.54) is 5.56 Å². The van der Waals surface area contributed by atoms with Crippen LogP contribution in [0.5, 0.6) is 0 Å². The highest BCUT2D eigenvalue weighted by molar-refractivity contribution is 5.91. The molecule has 1 aromatic heterocycles. The number of aliphatic hydroxyl groups excluding tert-OH is 1. The van der Waals surface area contributed by atoms with Gasteiger partial charge in [-0.3, -0.25) is 9.69 Å². The Kier molecular flexibility index (Phi) is 6.31. The molecule has 1 amide bonds. The normalized spacial score (nSPS) is 11.0. The van der Waals surface area contributed by atoms with Crippen LogP contribution in [-0.2, 0) is 11.3 Å². The second kappa shape index (κ2) is 8.45. The summed E-state index contributed by atoms with van der Waals surface area (Å²) in [6.07, 6.45) is 1.68. The number of carbonyl (C=O) groups excluding carboxylic acids is 1. The molecule has 0 spiro atoms. The zero-order valence-corrected chi connectivity index (χ0v) is 13.7. The molecule has 0 fully saturated rings. The van der Waals surface area contributed by atoms with Crippen LogP contribution in [0.1, 0.15) is 18.1 Å². The van der Waals surface area contributed by atoms with Crippen molar-refractivity contribution in [2.45, 2.75) is 20.4 Å². The van der Waals surface area contributed by atoms with Crippen LogP contribution in [0.2, 0.25) is 0 Å². The number of anilines is 1. The predicted octanol–water partition coefficient (Wildman–Crippen LogP) is 1.49. The first-order valence-electron chi connectivity index (χ1n) is 7.82. The highest BCUT2D eigenvalue weighted by Crippen LogP contribution is 2.11. The number of aliphatic hydroxyl groups is 1. The largest absolute Gasteiger partial charge is 0.395 e. The Morgan fingerprint density at radius 2 is 2.22 bits per heavy atom. The SMILES string of the molecule is CCN(CCO)CC(=O)Nc1ccnn1Cc1cccc(C)c1. The van der Waals surface area contributed by atoms with Crippen LogP contribution in [-0.4, -0.2) is 51.9 Å². The lowest BCUT2D eigenvalue weighted by Gasteiger charge is -2.18. The van der Waals surface area contributed by atoms with Crippen LogP contribution >= 0.6 is 0 Å². The first-order valence-corrected chi connectivity index (χ1v) is 7.82. The first-order chi connectivity index (χ1) is 11.1. The first kappa shape index (κ1) is 17.2. The van der Waals surface area contributed by atoms with Gasteiger partial charge in [-0.05, 0) is 19.0 Å². The highest BCUT2D eigenvalue weighted by atomic mass is 16.3. The van der Waals surface area contributed by atoms with Crippen LogP contribution in [0, 0.1) is 6.92 Å². The molecule has 0 bridgehead atoms. The van der Waals surface area contributed by atoms with E-state index in [1.807, 2.05) is 24.0 Å². The molecule has 6 nitrogen and oxygen atoms in total. The van der Waals surface area contributed by atoms with Crippen molar-refractivity contribution >= 4 is 11.7 Å². The van der Waals surface area contributed by atoms with Crippen molar-refractivity contribution in [1.29, 1.82) is 0 Å². The fourth-order valence-electron chi connectivity index (χ4n) is 2.42. The minimum atomic E-state index is -0.105. The molecular formula is C17H24N4O2. The van der Waals surface area contributed by atoms with Crippen molar-refractivity contribution < 1.29 is 9.90 Å². The number of aromatic nitrogens is 2. The van der Waals surface area contributed by atoms with Crippen molar-refractivity contribution in [3.63, 3.8) is 0 Å². The van der Waals surface area contributed by atoms with Gasteiger partial charge >= 0.3 is 0 Å². The van der Waals surface area contributed by atoms with Gasteiger partial charge in [-0.15, -0.1) is 0 Å². The lowest BCUT2D eigenvalue weighted by Crippen LogP contribution is -2.35. The van der Waals surface area contributed by atoms with Gasteiger partial charge in [0.2, 0.25) is 5.91 Å². The summed E-state index contributed by atoms with van der Waals surface area (Å²) in [5.74, 6) is 0.572. The molecule has 23 heavy (non-hydrogen) atoms. The number of carbonyl (C=O) groups is 1. The lowest BCUT2D eigenvalue weighted by molar-refractivity contribution is -0.117. The van der Waals surface area contributed by atoms with E-state index in [9.17, 15) is 4.79 Å². The van der Waals surface area contributed by atoms with E-state index in [4.69, 9.17) is 5.11 Å². The monoisotopic (exact) mass is 316 g/mol. The van der Waals surface area contributed by atoms with Crippen LogP contribution in [0.25, 0.3) is 0 Å². The molecule has 2 aromatic rings. The van der Waals surface area contributed by atoms with E-state index in [0.717, 1.165) is 12.1 Å². The van der Waals surface area contributed by atoms with Crippen LogP contribution in [0.3, 0.4) is 0 Å². The predicted molar refractivity (Wildman–Crippen MR) is 90.3 cm³/mol. The quantitative estimate of drug-likeness (QED) is 0.774. The summed E-state index contributed by atoms with van der Waals surface area (Å²) in [6.45, 7) is 6.14. The number of amides is 1. The molecule has 124 valence electrons. The Hall–Kier alpha value is -2.18. The highest BCUT2D eigenvalue weighted by Gasteiger charge is 2.11. The topological polar surface area (TPSA) is 70.4 Å². The van der Waals surface area contributed by atoms with Gasteiger partial charge in [0, 0.05) is 12.6 Å². The molecule has 6 heteroatoms. The molecule has 2 rings (SSSR count). The van der Waals surface area contributed by atoms with Gasteiger partial charge < -0.3 is 10.4 Å². The van der Waals surface area contributed by atoms with Gasteiger partial charge in [0.15, 0.2) is 0 Å². The number of aryl methyl sites for hydroxylation is 1. The number of nitrogens with one attached hydrogen (secondary N) is 1. The minimum absolute atomic E-state index is 0.0480. The van der Waals surface area contributed by atoms with Gasteiger partial charge in [0.25, 0.3) is 0 Å². The minimum Gasteiger partial charge on any atom is -0.395 e. The third-order valence-electron chi connectivity index (χ3n) is 3.63. The van der Waals surface area contributed by atoms with Crippen molar-refractivity contribution in [2.24, 2.45) is 0 Å². The summed E-state index contributed by atoms with van der Waals surface area (Å²) in [4.78, 5) is 14.0. The van der Waals surface area contributed by atoms with Gasteiger partial charge in [-0.2, -0.15) is 5.10 Å². The molecule has 2 N–H and O–H groups in total. The van der Waals surface area contributed by atoms with E-state index in [0.29, 0.717) is 18.9 Å². The van der Waals surface area contributed by atoms with Gasteiger partial charge in [0.05, 0.1) is 25.9 Å². The van der Waals surface area contributed by atoms with Crippen LogP contribution in [0.15, 0.2) is 36.5 Å². The molecule has 0 unspecified atom stereocenters. The average molecular weight is 316 g/mol. The average Bonchev–Trinajstić information content (AvgIpc) is 2.93. The lowest BCUT2D eigenvalue weighted by atomic mass is 10.1. The molecule has 0 radical (unpaired) electrons. The summed E-state index contributed by atoms with van der Waals surface area (Å²) in [5.41, 5.74) is 2.34. The van der Waals surface area contributed by atoms with Crippen molar-refractivity contribution in [2.75, 3.05) is 31.6 Å². The summed E-state index contributed by atoms with van der Waals surface area (Å²) >= 11 is 0. The smallest absolute Gasteiger partial charge is 0.239 e. The van der Waals surface area contributed by atoms with Gasteiger partial charge in [-0.1, -0.05) is 36.8 Å². The van der Waals surface area contributed by atoms with Crippen molar-refractivity contribution in [3.8, 4) is 0 Å². The molecule has 1 aromatic carbocycles. The Bertz CT molecular complexity index is 639. The van der Waals surface area contributed by atoms with Crippen molar-refractivity contribution in [3.05, 3.63) is 47.7 Å². The summed E-state index contributed by atoms with van der Waals surface area (Å²) in [7, 11) is 0. The fourth-order valence-corrected chi connectivity index (χ4v) is 2.42. The molecule has 0 saturated heterocycles. The number of likely N-dealkylation sites (N-methyl/N-ethyl adjacent to an activating group) is 1. The molecule has 0 saturated carbocycles. The Labute approximate surface area is 136 Å². The number of benzene rings is 1. The number of nitrogens with zero attached hydrogens (tertiary/aromatic N) is 3. The third kappa shape index (κ3) is 5.19. The second-order valence-corrected chi connectivity index (χ2v) is 5.50. The molecule has 0 atom stereocenters. The Morgan fingerprint density at radius 3 is 2.91 bits per heavy atom. The number of hydrogen-bond donors (Lipinski definition) is 2. The molecule has 0 aliphatic carbocycles. The Balaban J connectivity index is 1.99. The van der Waals surface area contributed by atoms with E-state index in [2.05, 4.69) is 29.5 Å². The summed E-state index contributed by atoms with van der Waals surface area (Å²) < 4.78 is 1.77. The number of rotatable bonds is 8. The molecular weight excluding hydrogens is 292 g/mol. The van der Waals surface area contributed by atoms with Gasteiger partial charge in [-0.25, -0.2) is 4.68 Å². The molecule has 0 aliphatic rings. The summed E-state index contributed by atoms with van der Waals surface area (Å²) in [6, 6.07) is 10.00. The second-order valence-electron chi connectivity index (χ2n) is 5.50. The maximum atomic E-state index is 12.1. The third-order valence-corrected chi connectivity index (χ3v) is 3.63.